The van der Waals surface area contributed by atoms with Gasteiger partial charge in [0, 0.05) is 5.92 Å². The van der Waals surface area contributed by atoms with Gasteiger partial charge >= 0.3 is 5.97 Å². The van der Waals surface area contributed by atoms with Gasteiger partial charge in [-0.1, -0.05) is 71.4 Å². The van der Waals surface area contributed by atoms with Crippen LogP contribution in [0.25, 0.3) is 0 Å². The topological polar surface area (TPSA) is 108 Å². The number of ether oxygens (including phenoxy) is 1. The van der Waals surface area contributed by atoms with Gasteiger partial charge in [0.1, 0.15) is 5.92 Å². The predicted octanol–water partition coefficient (Wildman–Crippen LogP) is 4.10. The normalized spacial score (nSPS) is 17.9. The number of carbonyl (C=O) groups excluding carboxylic acids is 3. The van der Waals surface area contributed by atoms with E-state index in [1.807, 2.05) is 0 Å². The summed E-state index contributed by atoms with van der Waals surface area (Å²) in [7, 11) is 1.18. The van der Waals surface area contributed by atoms with Crippen LogP contribution < -0.4 is 10.6 Å². The van der Waals surface area contributed by atoms with Crippen molar-refractivity contribution in [1.82, 2.24) is 5.32 Å². The van der Waals surface area contributed by atoms with Gasteiger partial charge in [0.05, 0.1) is 45.3 Å². The Hall–Kier alpha value is -2.99. The molecule has 0 unspecified atom stereocenters. The number of carbonyl (C=O) groups is 3. The van der Waals surface area contributed by atoms with Crippen molar-refractivity contribution in [3.63, 3.8) is 0 Å². The zero-order valence-electron chi connectivity index (χ0n) is 16.7. The number of thioether (sulfide) groups is 1. The van der Waals surface area contributed by atoms with Crippen molar-refractivity contribution in [3.8, 4) is 6.07 Å². The molecule has 2 aromatic carbocycles. The van der Waals surface area contributed by atoms with E-state index >= 15 is 0 Å². The first kappa shape index (κ1) is 23.7. The number of esters is 1. The minimum absolute atomic E-state index is 0.117. The predicted molar refractivity (Wildman–Crippen MR) is 123 cm³/mol. The maximum atomic E-state index is 12.8. The maximum absolute atomic E-state index is 12.8. The van der Waals surface area contributed by atoms with Gasteiger partial charge in [-0.05, 0) is 17.7 Å². The Balaban J connectivity index is 1.87. The number of benzene rings is 2. The lowest BCUT2D eigenvalue weighted by Crippen LogP contribution is -2.44. The molecule has 2 amide bonds. The molecule has 0 spiro atoms. The summed E-state index contributed by atoms with van der Waals surface area (Å²) in [6.45, 7) is 0. The molecule has 32 heavy (non-hydrogen) atoms. The summed E-state index contributed by atoms with van der Waals surface area (Å²) in [5, 5.41) is 15.8. The highest BCUT2D eigenvalue weighted by Gasteiger charge is 2.44. The molecule has 0 bridgehead atoms. The molecular weight excluding hydrogens is 473 g/mol. The number of rotatable bonds is 6. The van der Waals surface area contributed by atoms with Gasteiger partial charge in [-0.3, -0.25) is 14.4 Å². The van der Waals surface area contributed by atoms with E-state index in [4.69, 9.17) is 27.9 Å². The number of hydrogen-bond donors (Lipinski definition) is 2. The first-order valence-electron chi connectivity index (χ1n) is 9.32. The zero-order valence-corrected chi connectivity index (χ0v) is 19.1. The van der Waals surface area contributed by atoms with Gasteiger partial charge in [0.15, 0.2) is 0 Å². The Bertz CT molecular complexity index is 1130. The molecule has 0 aromatic heterocycles. The molecule has 2 N–H and O–H groups in total. The number of nitrogens with one attached hydrogen (secondary N) is 2. The average molecular weight is 490 g/mol. The monoisotopic (exact) mass is 489 g/mol. The molecule has 0 saturated carbocycles. The fraction of sp³-hybridized carbons (Fsp3) is 0.182. The molecule has 1 aliphatic heterocycles. The Morgan fingerprint density at radius 2 is 1.91 bits per heavy atom. The van der Waals surface area contributed by atoms with E-state index in [9.17, 15) is 19.6 Å². The number of nitriles is 1. The fourth-order valence-corrected chi connectivity index (χ4v) is 4.46. The minimum Gasteiger partial charge on any atom is -0.468 e. The van der Waals surface area contributed by atoms with Crippen molar-refractivity contribution in [2.24, 2.45) is 5.92 Å². The Kier molecular flexibility index (Phi) is 7.80. The third-order valence-corrected chi connectivity index (χ3v) is 6.55. The molecule has 7 nitrogen and oxygen atoms in total. The van der Waals surface area contributed by atoms with Crippen molar-refractivity contribution in [1.29, 1.82) is 5.26 Å². The van der Waals surface area contributed by atoms with E-state index in [1.54, 1.807) is 48.5 Å². The van der Waals surface area contributed by atoms with Crippen LogP contribution in [0.3, 0.4) is 0 Å². The third kappa shape index (κ3) is 5.07. The standard InChI is InChI=1S/C22H17Cl2N3O4S/c1-31-22(30)18-17(12-6-3-2-4-7-12)13(10-25)21(27-20(18)29)32-11-16(28)26-15-9-5-8-14(23)19(15)24/h2-9,17-18H,11H2,1H3,(H,26,28)(H,27,29)/t17-,18-/m1/s1. The van der Waals surface area contributed by atoms with E-state index in [0.717, 1.165) is 11.8 Å². The van der Waals surface area contributed by atoms with Crippen LogP contribution in [0.5, 0.6) is 0 Å². The Morgan fingerprint density at radius 3 is 2.56 bits per heavy atom. The van der Waals surface area contributed by atoms with Gasteiger partial charge in [0.25, 0.3) is 0 Å². The van der Waals surface area contributed by atoms with Crippen LogP contribution in [0.4, 0.5) is 5.69 Å². The highest BCUT2D eigenvalue weighted by molar-refractivity contribution is 8.03. The van der Waals surface area contributed by atoms with Gasteiger partial charge in [0.2, 0.25) is 11.8 Å². The van der Waals surface area contributed by atoms with Crippen molar-refractivity contribution in [2.75, 3.05) is 18.2 Å². The zero-order chi connectivity index (χ0) is 23.3. The van der Waals surface area contributed by atoms with Crippen molar-refractivity contribution in [3.05, 3.63) is 74.7 Å². The molecular formula is C22H17Cl2N3O4S. The molecule has 10 heteroatoms. The molecule has 0 saturated heterocycles. The SMILES string of the molecule is COC(=O)[C@H]1C(=O)NC(SCC(=O)Nc2cccc(Cl)c2Cl)=C(C#N)[C@H]1c1ccccc1. The van der Waals surface area contributed by atoms with E-state index in [2.05, 4.69) is 16.7 Å². The smallest absolute Gasteiger partial charge is 0.319 e. The average Bonchev–Trinajstić information content (AvgIpc) is 2.80. The third-order valence-electron chi connectivity index (χ3n) is 4.72. The summed E-state index contributed by atoms with van der Waals surface area (Å²) in [4.78, 5) is 37.6. The molecule has 0 radical (unpaired) electrons. The van der Waals surface area contributed by atoms with Crippen LogP contribution in [0, 0.1) is 17.2 Å². The number of methoxy groups -OCH3 is 1. The summed E-state index contributed by atoms with van der Waals surface area (Å²) in [6.07, 6.45) is 0. The Labute approximate surface area is 198 Å². The second kappa shape index (κ2) is 10.6. The first-order valence-corrected chi connectivity index (χ1v) is 11.1. The number of nitrogens with zero attached hydrogens (tertiary/aromatic N) is 1. The molecule has 3 rings (SSSR count). The fourth-order valence-electron chi connectivity index (χ4n) is 3.26. The number of halogens is 2. The quantitative estimate of drug-likeness (QED) is 0.466. The summed E-state index contributed by atoms with van der Waals surface area (Å²) in [5.41, 5.74) is 1.13. The van der Waals surface area contributed by atoms with Crippen LogP contribution in [0.1, 0.15) is 11.5 Å². The number of hydrogen-bond acceptors (Lipinski definition) is 6. The van der Waals surface area contributed by atoms with Crippen molar-refractivity contribution in [2.45, 2.75) is 5.92 Å². The van der Waals surface area contributed by atoms with Crippen molar-refractivity contribution >= 4 is 58.4 Å². The number of allylic oxidation sites excluding steroid dienone is 1. The van der Waals surface area contributed by atoms with Crippen LogP contribution in [0.2, 0.25) is 10.0 Å². The molecule has 1 heterocycles. The van der Waals surface area contributed by atoms with Crippen LogP contribution >= 0.6 is 35.0 Å². The van der Waals surface area contributed by atoms with E-state index < -0.39 is 29.6 Å². The summed E-state index contributed by atoms with van der Waals surface area (Å²) >= 11 is 13.0. The van der Waals surface area contributed by atoms with Gasteiger partial charge < -0.3 is 15.4 Å². The van der Waals surface area contributed by atoms with E-state index in [1.165, 1.54) is 7.11 Å². The molecule has 2 aromatic rings. The summed E-state index contributed by atoms with van der Waals surface area (Å²) in [6, 6.07) is 15.7. The van der Waals surface area contributed by atoms with Crippen LogP contribution in [-0.4, -0.2) is 30.6 Å². The molecule has 1 aliphatic rings. The number of anilines is 1. The van der Waals surface area contributed by atoms with E-state index in [-0.39, 0.29) is 21.4 Å². The van der Waals surface area contributed by atoms with E-state index in [0.29, 0.717) is 16.3 Å². The molecule has 164 valence electrons. The van der Waals surface area contributed by atoms with Crippen LogP contribution in [0.15, 0.2) is 59.1 Å². The van der Waals surface area contributed by atoms with Gasteiger partial charge in [-0.15, -0.1) is 0 Å². The number of amides is 2. The summed E-state index contributed by atoms with van der Waals surface area (Å²) < 4.78 is 4.80. The highest BCUT2D eigenvalue weighted by Crippen LogP contribution is 2.40. The summed E-state index contributed by atoms with van der Waals surface area (Å²) in [5.74, 6) is -3.94. The van der Waals surface area contributed by atoms with Gasteiger partial charge in [-0.2, -0.15) is 5.26 Å². The molecule has 0 fully saturated rings. The second-order valence-corrected chi connectivity index (χ2v) is 8.44. The first-order chi connectivity index (χ1) is 15.4. The Morgan fingerprint density at radius 1 is 1.19 bits per heavy atom. The molecule has 2 atom stereocenters. The minimum atomic E-state index is -1.22. The largest absolute Gasteiger partial charge is 0.468 e. The maximum Gasteiger partial charge on any atom is 0.319 e. The molecule has 0 aliphatic carbocycles. The van der Waals surface area contributed by atoms with Gasteiger partial charge in [-0.25, -0.2) is 0 Å². The lowest BCUT2D eigenvalue weighted by atomic mass is 9.78. The lowest BCUT2D eigenvalue weighted by Gasteiger charge is -2.30. The lowest BCUT2D eigenvalue weighted by molar-refractivity contribution is -0.150. The van der Waals surface area contributed by atoms with Crippen molar-refractivity contribution < 1.29 is 19.1 Å². The highest BCUT2D eigenvalue weighted by atomic mass is 35.5. The van der Waals surface area contributed by atoms with Crippen LogP contribution in [-0.2, 0) is 19.1 Å². The second-order valence-electron chi connectivity index (χ2n) is 6.67.